The molecule has 1 aliphatic rings. The molecule has 0 unspecified atom stereocenters. The van der Waals surface area contributed by atoms with Gasteiger partial charge in [0.1, 0.15) is 0 Å². The Bertz CT molecular complexity index is 342. The monoisotopic (exact) mass is 264 g/mol. The number of hydrogen-bond acceptors (Lipinski definition) is 4. The smallest absolute Gasteiger partial charge is 0.210 e. The molecule has 17 heavy (non-hydrogen) atoms. The molecular formula is C11H24N2O3S. The minimum atomic E-state index is -3.41. The Balaban J connectivity index is 2.28. The van der Waals surface area contributed by atoms with Crippen molar-refractivity contribution in [3.8, 4) is 0 Å². The summed E-state index contributed by atoms with van der Waals surface area (Å²) in [6.45, 7) is 5.16. The Morgan fingerprint density at radius 1 is 1.24 bits per heavy atom. The van der Waals surface area contributed by atoms with Crippen LogP contribution in [-0.4, -0.2) is 38.0 Å². The predicted octanol–water partition coefficient (Wildman–Crippen LogP) is 0.196. The third-order valence-corrected chi connectivity index (χ3v) is 4.32. The maximum atomic E-state index is 10.7. The first kappa shape index (κ1) is 14.9. The molecule has 0 saturated heterocycles. The van der Waals surface area contributed by atoms with E-state index in [0.29, 0.717) is 18.5 Å². The predicted molar refractivity (Wildman–Crippen MR) is 68.0 cm³/mol. The number of aliphatic hydroxyl groups is 1. The van der Waals surface area contributed by atoms with Crippen LogP contribution in [0.2, 0.25) is 0 Å². The van der Waals surface area contributed by atoms with E-state index in [1.165, 1.54) is 0 Å². The molecule has 6 heteroatoms. The molecule has 102 valence electrons. The second kappa shape index (κ2) is 5.22. The maximum absolute atomic E-state index is 10.7. The van der Waals surface area contributed by atoms with Gasteiger partial charge in [-0.3, -0.25) is 0 Å². The van der Waals surface area contributed by atoms with Gasteiger partial charge in [0.05, 0.1) is 11.4 Å². The molecular weight excluding hydrogens is 240 g/mol. The molecule has 0 amide bonds. The summed E-state index contributed by atoms with van der Waals surface area (Å²) >= 11 is 0. The molecule has 1 rings (SSSR count). The largest absolute Gasteiger partial charge is 0.389 e. The summed E-state index contributed by atoms with van der Waals surface area (Å²) < 4.78 is 21.4. The minimum absolute atomic E-state index is 0.0887. The molecule has 0 atom stereocenters. The van der Waals surface area contributed by atoms with Gasteiger partial charge in [-0.25, -0.2) is 13.6 Å². The molecule has 4 N–H and O–H groups in total. The van der Waals surface area contributed by atoms with Crippen molar-refractivity contribution < 1.29 is 13.5 Å². The van der Waals surface area contributed by atoms with Crippen LogP contribution in [0.3, 0.4) is 0 Å². The SMILES string of the molecule is CC1(C)CCC(O)(CNCCS(N)(=O)=O)CC1. The second-order valence-electron chi connectivity index (χ2n) is 5.93. The van der Waals surface area contributed by atoms with Crippen molar-refractivity contribution in [1.29, 1.82) is 0 Å². The van der Waals surface area contributed by atoms with Gasteiger partial charge in [0.15, 0.2) is 0 Å². The molecule has 0 aromatic rings. The van der Waals surface area contributed by atoms with E-state index in [1.807, 2.05) is 0 Å². The van der Waals surface area contributed by atoms with Gasteiger partial charge in [-0.05, 0) is 31.1 Å². The molecule has 5 nitrogen and oxygen atoms in total. The normalized spacial score (nSPS) is 23.5. The molecule has 0 aromatic heterocycles. The van der Waals surface area contributed by atoms with Gasteiger partial charge in [0.25, 0.3) is 0 Å². The summed E-state index contributed by atoms with van der Waals surface area (Å²) in [4.78, 5) is 0. The highest BCUT2D eigenvalue weighted by atomic mass is 32.2. The van der Waals surface area contributed by atoms with Crippen molar-refractivity contribution in [2.24, 2.45) is 10.6 Å². The highest BCUT2D eigenvalue weighted by Gasteiger charge is 2.36. The fourth-order valence-electron chi connectivity index (χ4n) is 2.10. The number of sulfonamides is 1. The molecule has 0 radical (unpaired) electrons. The van der Waals surface area contributed by atoms with Crippen molar-refractivity contribution in [3.05, 3.63) is 0 Å². The number of primary sulfonamides is 1. The third kappa shape index (κ3) is 5.81. The summed E-state index contributed by atoms with van der Waals surface area (Å²) in [6.07, 6.45) is 3.53. The van der Waals surface area contributed by atoms with Crippen molar-refractivity contribution >= 4 is 10.0 Å². The molecule has 0 spiro atoms. The lowest BCUT2D eigenvalue weighted by Crippen LogP contribution is -2.46. The zero-order valence-corrected chi connectivity index (χ0v) is 11.5. The second-order valence-corrected chi connectivity index (χ2v) is 7.67. The number of nitrogens with one attached hydrogen (secondary N) is 1. The van der Waals surface area contributed by atoms with Crippen molar-refractivity contribution in [3.63, 3.8) is 0 Å². The van der Waals surface area contributed by atoms with Crippen LogP contribution in [0.4, 0.5) is 0 Å². The van der Waals surface area contributed by atoms with E-state index in [9.17, 15) is 13.5 Å². The average Bonchev–Trinajstić information content (AvgIpc) is 2.17. The van der Waals surface area contributed by atoms with Gasteiger partial charge in [-0.1, -0.05) is 13.8 Å². The van der Waals surface area contributed by atoms with Gasteiger partial charge in [-0.2, -0.15) is 0 Å². The topological polar surface area (TPSA) is 92.4 Å². The highest BCUT2D eigenvalue weighted by molar-refractivity contribution is 7.89. The first-order valence-electron chi connectivity index (χ1n) is 6.06. The number of nitrogens with two attached hydrogens (primary N) is 1. The Hall–Kier alpha value is -0.170. The lowest BCUT2D eigenvalue weighted by Gasteiger charge is -2.40. The molecule has 1 saturated carbocycles. The Morgan fingerprint density at radius 3 is 2.24 bits per heavy atom. The minimum Gasteiger partial charge on any atom is -0.389 e. The molecule has 1 aliphatic carbocycles. The molecule has 0 aromatic carbocycles. The first-order chi connectivity index (χ1) is 7.62. The highest BCUT2D eigenvalue weighted by Crippen LogP contribution is 2.39. The van der Waals surface area contributed by atoms with E-state index in [-0.39, 0.29) is 5.75 Å². The van der Waals surface area contributed by atoms with Crippen LogP contribution in [0.15, 0.2) is 0 Å². The standard InChI is InChI=1S/C11H24N2O3S/c1-10(2)3-5-11(14,6-4-10)9-13-7-8-17(12,15)16/h13-14H,3-9H2,1-2H3,(H2,12,15,16). The Morgan fingerprint density at radius 2 is 1.76 bits per heavy atom. The quantitative estimate of drug-likeness (QED) is 0.618. The van der Waals surface area contributed by atoms with Gasteiger partial charge in [-0.15, -0.1) is 0 Å². The summed E-state index contributed by atoms with van der Waals surface area (Å²) in [5.74, 6) is -0.0887. The van der Waals surface area contributed by atoms with E-state index in [0.717, 1.165) is 25.7 Å². The van der Waals surface area contributed by atoms with E-state index < -0.39 is 15.6 Å². The van der Waals surface area contributed by atoms with E-state index in [2.05, 4.69) is 19.2 Å². The molecule has 0 heterocycles. The van der Waals surface area contributed by atoms with E-state index >= 15 is 0 Å². The summed E-state index contributed by atoms with van der Waals surface area (Å²) in [5.41, 5.74) is -0.374. The van der Waals surface area contributed by atoms with Crippen LogP contribution in [-0.2, 0) is 10.0 Å². The Labute approximate surface area is 104 Å². The fraction of sp³-hybridized carbons (Fsp3) is 1.00. The Kier molecular flexibility index (Phi) is 4.57. The van der Waals surface area contributed by atoms with Gasteiger partial charge < -0.3 is 10.4 Å². The summed E-state index contributed by atoms with van der Waals surface area (Å²) in [5, 5.41) is 18.2. The summed E-state index contributed by atoms with van der Waals surface area (Å²) in [7, 11) is -3.41. The molecule has 0 bridgehead atoms. The van der Waals surface area contributed by atoms with Crippen molar-refractivity contribution in [2.75, 3.05) is 18.8 Å². The van der Waals surface area contributed by atoms with Crippen LogP contribution in [0.25, 0.3) is 0 Å². The van der Waals surface area contributed by atoms with E-state index in [4.69, 9.17) is 5.14 Å². The van der Waals surface area contributed by atoms with Crippen LogP contribution in [0, 0.1) is 5.41 Å². The van der Waals surface area contributed by atoms with Crippen LogP contribution < -0.4 is 10.5 Å². The van der Waals surface area contributed by atoms with E-state index in [1.54, 1.807) is 0 Å². The molecule has 0 aliphatic heterocycles. The zero-order valence-electron chi connectivity index (χ0n) is 10.7. The lowest BCUT2D eigenvalue weighted by molar-refractivity contribution is -0.0238. The number of hydrogen-bond donors (Lipinski definition) is 3. The summed E-state index contributed by atoms with van der Waals surface area (Å²) in [6, 6.07) is 0. The lowest BCUT2D eigenvalue weighted by atomic mass is 9.71. The van der Waals surface area contributed by atoms with Crippen LogP contribution in [0.5, 0.6) is 0 Å². The van der Waals surface area contributed by atoms with Gasteiger partial charge >= 0.3 is 0 Å². The number of rotatable bonds is 5. The van der Waals surface area contributed by atoms with Crippen LogP contribution >= 0.6 is 0 Å². The van der Waals surface area contributed by atoms with Crippen LogP contribution in [0.1, 0.15) is 39.5 Å². The zero-order chi connectivity index (χ0) is 13.2. The first-order valence-corrected chi connectivity index (χ1v) is 7.77. The van der Waals surface area contributed by atoms with Gasteiger partial charge in [0.2, 0.25) is 10.0 Å². The fourth-order valence-corrected chi connectivity index (χ4v) is 2.53. The third-order valence-electron chi connectivity index (χ3n) is 3.55. The van der Waals surface area contributed by atoms with Crippen molar-refractivity contribution in [1.82, 2.24) is 5.32 Å². The van der Waals surface area contributed by atoms with Crippen molar-refractivity contribution in [2.45, 2.75) is 45.1 Å². The molecule has 1 fully saturated rings. The average molecular weight is 264 g/mol. The maximum Gasteiger partial charge on any atom is 0.210 e. The van der Waals surface area contributed by atoms with Gasteiger partial charge in [0, 0.05) is 13.1 Å².